The van der Waals surface area contributed by atoms with Crippen LogP contribution in [0.2, 0.25) is 0 Å². The second-order valence-corrected chi connectivity index (χ2v) is 7.04. The first-order valence-electron chi connectivity index (χ1n) is 9.71. The van der Waals surface area contributed by atoms with Crippen LogP contribution in [0.15, 0.2) is 22.8 Å². The number of nitrogens with zero attached hydrogens (tertiary/aromatic N) is 4. The second-order valence-electron chi connectivity index (χ2n) is 7.04. The van der Waals surface area contributed by atoms with Crippen LogP contribution in [0.25, 0.3) is 0 Å². The molecule has 2 fully saturated rings. The number of morpholine rings is 1. The van der Waals surface area contributed by atoms with Gasteiger partial charge in [-0.15, -0.1) is 0 Å². The fourth-order valence-corrected chi connectivity index (χ4v) is 3.41. The molecule has 28 heavy (non-hydrogen) atoms. The van der Waals surface area contributed by atoms with E-state index in [2.05, 4.69) is 4.90 Å². The molecule has 2 aliphatic heterocycles. The van der Waals surface area contributed by atoms with Crippen LogP contribution < -0.4 is 0 Å². The number of hydrogen-bond donors (Lipinski definition) is 0. The van der Waals surface area contributed by atoms with Crippen molar-refractivity contribution in [2.24, 2.45) is 0 Å². The molecule has 0 aromatic carbocycles. The molecule has 0 unspecified atom stereocenters. The maximum Gasteiger partial charge on any atom is 0.289 e. The molecule has 0 atom stereocenters. The summed E-state index contributed by atoms with van der Waals surface area (Å²) < 4.78 is 10.5. The van der Waals surface area contributed by atoms with Gasteiger partial charge in [0.25, 0.3) is 5.91 Å². The van der Waals surface area contributed by atoms with E-state index in [0.717, 1.165) is 19.6 Å². The Bertz CT molecular complexity index is 664. The van der Waals surface area contributed by atoms with Gasteiger partial charge in [0, 0.05) is 59.3 Å². The van der Waals surface area contributed by atoms with Gasteiger partial charge in [0.05, 0.1) is 26.0 Å². The molecule has 154 valence electrons. The summed E-state index contributed by atoms with van der Waals surface area (Å²) in [5.41, 5.74) is 0. The Hall–Kier alpha value is -2.39. The third-order valence-electron chi connectivity index (χ3n) is 5.21. The zero-order valence-corrected chi connectivity index (χ0v) is 16.3. The predicted molar refractivity (Wildman–Crippen MR) is 101 cm³/mol. The Kier molecular flexibility index (Phi) is 7.05. The molecule has 0 spiro atoms. The van der Waals surface area contributed by atoms with E-state index >= 15 is 0 Å². The number of hydrogen-bond acceptors (Lipinski definition) is 6. The molecule has 9 nitrogen and oxygen atoms in total. The number of ether oxygens (including phenoxy) is 1. The summed E-state index contributed by atoms with van der Waals surface area (Å²) >= 11 is 0. The summed E-state index contributed by atoms with van der Waals surface area (Å²) in [6.45, 7) is 7.79. The van der Waals surface area contributed by atoms with Crippen molar-refractivity contribution in [3.8, 4) is 0 Å². The number of amides is 3. The van der Waals surface area contributed by atoms with Gasteiger partial charge in [-0.3, -0.25) is 19.3 Å². The van der Waals surface area contributed by atoms with Crippen LogP contribution in [0, 0.1) is 0 Å². The minimum Gasteiger partial charge on any atom is -0.459 e. The number of carbonyl (C=O) groups is 3. The van der Waals surface area contributed by atoms with E-state index in [1.807, 2.05) is 0 Å². The lowest BCUT2D eigenvalue weighted by atomic mass is 10.2. The first-order valence-corrected chi connectivity index (χ1v) is 9.71. The average Bonchev–Trinajstić information content (AvgIpc) is 3.26. The van der Waals surface area contributed by atoms with E-state index in [4.69, 9.17) is 9.15 Å². The quantitative estimate of drug-likeness (QED) is 0.663. The molecule has 9 heteroatoms. The topological polar surface area (TPSA) is 86.5 Å². The van der Waals surface area contributed by atoms with Gasteiger partial charge in [-0.1, -0.05) is 0 Å². The van der Waals surface area contributed by atoms with E-state index < -0.39 is 0 Å². The van der Waals surface area contributed by atoms with Crippen LogP contribution in [0.1, 0.15) is 17.5 Å². The third kappa shape index (κ3) is 5.32. The highest BCUT2D eigenvalue weighted by molar-refractivity contribution is 5.91. The van der Waals surface area contributed by atoms with Gasteiger partial charge in [-0.05, 0) is 12.1 Å². The molecule has 2 saturated heterocycles. The van der Waals surface area contributed by atoms with Gasteiger partial charge in [-0.2, -0.15) is 0 Å². The SMILES string of the molecule is CC(=O)N(CCN1CCOCC1)CC(=O)N1CCN(C(=O)c2ccco2)CC1. The Morgan fingerprint density at radius 2 is 1.71 bits per heavy atom. The van der Waals surface area contributed by atoms with Gasteiger partial charge < -0.3 is 23.9 Å². The van der Waals surface area contributed by atoms with Crippen molar-refractivity contribution in [1.29, 1.82) is 0 Å². The Morgan fingerprint density at radius 1 is 1.04 bits per heavy atom. The van der Waals surface area contributed by atoms with Crippen LogP contribution in [-0.2, 0) is 14.3 Å². The van der Waals surface area contributed by atoms with E-state index in [9.17, 15) is 14.4 Å². The van der Waals surface area contributed by atoms with Crippen molar-refractivity contribution in [2.75, 3.05) is 72.1 Å². The van der Waals surface area contributed by atoms with E-state index in [0.29, 0.717) is 51.7 Å². The zero-order chi connectivity index (χ0) is 19.9. The summed E-state index contributed by atoms with van der Waals surface area (Å²) in [4.78, 5) is 44.1. The highest BCUT2D eigenvalue weighted by atomic mass is 16.5. The Morgan fingerprint density at radius 3 is 2.32 bits per heavy atom. The van der Waals surface area contributed by atoms with Crippen molar-refractivity contribution in [3.63, 3.8) is 0 Å². The van der Waals surface area contributed by atoms with Crippen molar-refractivity contribution in [3.05, 3.63) is 24.2 Å². The van der Waals surface area contributed by atoms with Crippen LogP contribution >= 0.6 is 0 Å². The lowest BCUT2D eigenvalue weighted by Crippen LogP contribution is -2.53. The monoisotopic (exact) mass is 392 g/mol. The lowest BCUT2D eigenvalue weighted by Gasteiger charge is -2.35. The Balaban J connectivity index is 1.45. The Labute approximate surface area is 164 Å². The normalized spacial score (nSPS) is 18.2. The molecule has 2 aliphatic rings. The molecule has 1 aromatic rings. The van der Waals surface area contributed by atoms with Crippen molar-refractivity contribution in [1.82, 2.24) is 19.6 Å². The molecular formula is C19H28N4O5. The first-order chi connectivity index (χ1) is 13.5. The maximum absolute atomic E-state index is 12.6. The van der Waals surface area contributed by atoms with Gasteiger partial charge in [-0.25, -0.2) is 0 Å². The third-order valence-corrected chi connectivity index (χ3v) is 5.21. The summed E-state index contributed by atoms with van der Waals surface area (Å²) in [7, 11) is 0. The molecule has 3 rings (SSSR count). The molecule has 0 aliphatic carbocycles. The fourth-order valence-electron chi connectivity index (χ4n) is 3.41. The molecule has 3 amide bonds. The van der Waals surface area contributed by atoms with Crippen molar-refractivity contribution < 1.29 is 23.5 Å². The smallest absolute Gasteiger partial charge is 0.289 e. The second kappa shape index (κ2) is 9.70. The van der Waals surface area contributed by atoms with E-state index in [1.54, 1.807) is 26.8 Å². The fraction of sp³-hybridized carbons (Fsp3) is 0.632. The predicted octanol–water partition coefficient (Wildman–Crippen LogP) is -0.255. The standard InChI is InChI=1S/C19H28N4O5/c1-16(24)23(5-4-20-10-13-27-14-11-20)15-18(25)21-6-8-22(9-7-21)19(26)17-3-2-12-28-17/h2-3,12H,4-11,13-15H2,1H3. The highest BCUT2D eigenvalue weighted by Gasteiger charge is 2.27. The van der Waals surface area contributed by atoms with E-state index in [-0.39, 0.29) is 24.3 Å². The summed E-state index contributed by atoms with van der Waals surface area (Å²) in [6.07, 6.45) is 1.47. The number of rotatable bonds is 6. The minimum atomic E-state index is -0.159. The summed E-state index contributed by atoms with van der Waals surface area (Å²) in [6, 6.07) is 3.32. The van der Waals surface area contributed by atoms with Crippen LogP contribution in [0.5, 0.6) is 0 Å². The molecule has 0 saturated carbocycles. The molecule has 3 heterocycles. The van der Waals surface area contributed by atoms with Gasteiger partial charge in [0.2, 0.25) is 11.8 Å². The van der Waals surface area contributed by atoms with Gasteiger partial charge in [0.15, 0.2) is 5.76 Å². The summed E-state index contributed by atoms with van der Waals surface area (Å²) in [5, 5.41) is 0. The summed E-state index contributed by atoms with van der Waals surface area (Å²) in [5.74, 6) is -0.0332. The average molecular weight is 392 g/mol. The number of furan rings is 1. The van der Waals surface area contributed by atoms with Crippen LogP contribution in [0.3, 0.4) is 0 Å². The largest absolute Gasteiger partial charge is 0.459 e. The lowest BCUT2D eigenvalue weighted by molar-refractivity contribution is -0.140. The molecule has 0 radical (unpaired) electrons. The van der Waals surface area contributed by atoms with Gasteiger partial charge in [0.1, 0.15) is 0 Å². The maximum atomic E-state index is 12.6. The number of carbonyl (C=O) groups excluding carboxylic acids is 3. The zero-order valence-electron chi connectivity index (χ0n) is 16.3. The highest BCUT2D eigenvalue weighted by Crippen LogP contribution is 2.10. The van der Waals surface area contributed by atoms with Crippen LogP contribution in [-0.4, -0.2) is 109 Å². The first kappa shape index (κ1) is 20.3. The number of piperazine rings is 1. The van der Waals surface area contributed by atoms with Crippen LogP contribution in [0.4, 0.5) is 0 Å². The molecule has 0 N–H and O–H groups in total. The molecule has 0 bridgehead atoms. The van der Waals surface area contributed by atoms with E-state index in [1.165, 1.54) is 13.2 Å². The molecule has 1 aromatic heterocycles. The van der Waals surface area contributed by atoms with Gasteiger partial charge >= 0.3 is 0 Å². The molecular weight excluding hydrogens is 364 g/mol. The minimum absolute atomic E-state index is 0.0752. The van der Waals surface area contributed by atoms with Crippen molar-refractivity contribution in [2.45, 2.75) is 6.92 Å². The van der Waals surface area contributed by atoms with Crippen molar-refractivity contribution >= 4 is 17.7 Å².